The van der Waals surface area contributed by atoms with Gasteiger partial charge in [0, 0.05) is 25.7 Å². The van der Waals surface area contributed by atoms with Crippen molar-refractivity contribution < 1.29 is 66.5 Å². The van der Waals surface area contributed by atoms with Crippen LogP contribution in [-0.2, 0) is 81.6 Å². The normalized spacial score (nSPS) is 26.7. The second-order valence-electron chi connectivity index (χ2n) is 13.3. The van der Waals surface area contributed by atoms with Gasteiger partial charge in [-0.1, -0.05) is 77.9 Å². The quantitative estimate of drug-likeness (QED) is 0.0633. The molecule has 0 bridgehead atoms. The van der Waals surface area contributed by atoms with Gasteiger partial charge in [0.1, 0.15) is 48.9 Å². The molecule has 310 valence electrons. The average Bonchev–Trinajstić information content (AvgIpc) is 3.20. The van der Waals surface area contributed by atoms with Crippen LogP contribution in [0.3, 0.4) is 0 Å². The van der Waals surface area contributed by atoms with E-state index in [0.29, 0.717) is 11.3 Å². The average molecular weight is 807 g/mol. The third-order valence-electron chi connectivity index (χ3n) is 9.07. The minimum atomic E-state index is -1.72. The van der Waals surface area contributed by atoms with Gasteiger partial charge in [-0.3, -0.25) is 19.2 Å². The second kappa shape index (κ2) is 21.2. The van der Waals surface area contributed by atoms with E-state index in [1.165, 1.54) is 6.92 Å². The van der Waals surface area contributed by atoms with Gasteiger partial charge in [-0.25, -0.2) is 0 Å². The summed E-state index contributed by atoms with van der Waals surface area (Å²) in [4.78, 5) is 53.1. The van der Waals surface area contributed by atoms with Crippen LogP contribution >= 0.6 is 0 Å². The van der Waals surface area contributed by atoms with Gasteiger partial charge in [0.2, 0.25) is 12.2 Å². The molecule has 10 atom stereocenters. The zero-order chi connectivity index (χ0) is 41.6. The molecule has 2 N–H and O–H groups in total. The van der Waals surface area contributed by atoms with Crippen molar-refractivity contribution in [2.45, 2.75) is 102 Å². The number of nitrogens with two attached hydrogens (primary N) is 1. The molecule has 1 amide bonds. The molecule has 0 saturated carbocycles. The molecule has 5 rings (SSSR count). The van der Waals surface area contributed by atoms with E-state index in [0.717, 1.165) is 25.0 Å². The van der Waals surface area contributed by atoms with E-state index in [4.69, 9.17) is 53.1 Å². The molecule has 2 aliphatic heterocycles. The highest BCUT2D eigenvalue weighted by Gasteiger charge is 2.56. The number of rotatable bonds is 18. The topological polar surface area (TPSA) is 235 Å². The zero-order valence-electron chi connectivity index (χ0n) is 32.3. The third kappa shape index (κ3) is 12.0. The standard InChI is InChI=1S/C40H46N4O14/c1-23(45)50-22-30-32(51-21-28-15-17-29(49-4)18-16-28)33(52-19-26-11-7-5-8-12-26)31(43-44-42)39(56-30)57-35-34(53-20-27-13-9-6-10-14-27)37(54-24(2)46)40(55-25(3)47)58-36(35)38(41)48/h5-18,30-37,39-40H,19-22H2,1-4H3,(H2,41,48)/t30-,31-,32-,33-,34+,35+,36-,37-,39-,40+/m1/s1. The number of azide groups is 1. The van der Waals surface area contributed by atoms with E-state index in [1.54, 1.807) is 61.7 Å². The summed E-state index contributed by atoms with van der Waals surface area (Å²) in [6, 6.07) is 23.8. The summed E-state index contributed by atoms with van der Waals surface area (Å²) >= 11 is 0. The fraction of sp³-hybridized carbons (Fsp3) is 0.450. The molecular weight excluding hydrogens is 760 g/mol. The Bertz CT molecular complexity index is 1860. The number of primary amides is 1. The maximum atomic E-state index is 13.2. The highest BCUT2D eigenvalue weighted by molar-refractivity contribution is 5.80. The van der Waals surface area contributed by atoms with Crippen molar-refractivity contribution in [3.63, 3.8) is 0 Å². The largest absolute Gasteiger partial charge is 0.497 e. The van der Waals surface area contributed by atoms with Gasteiger partial charge < -0.3 is 53.1 Å². The Morgan fingerprint density at radius 2 is 1.22 bits per heavy atom. The number of esters is 3. The van der Waals surface area contributed by atoms with Crippen LogP contribution in [0.5, 0.6) is 5.75 Å². The van der Waals surface area contributed by atoms with E-state index < -0.39 is 85.2 Å². The molecule has 3 aromatic rings. The van der Waals surface area contributed by atoms with E-state index in [9.17, 15) is 24.7 Å². The number of hydrogen-bond donors (Lipinski definition) is 1. The van der Waals surface area contributed by atoms with Crippen molar-refractivity contribution in [2.75, 3.05) is 13.7 Å². The predicted molar refractivity (Wildman–Crippen MR) is 200 cm³/mol. The zero-order valence-corrected chi connectivity index (χ0v) is 32.3. The Morgan fingerprint density at radius 1 is 0.672 bits per heavy atom. The van der Waals surface area contributed by atoms with Crippen LogP contribution in [0.25, 0.3) is 10.4 Å². The number of benzene rings is 3. The molecule has 2 heterocycles. The first kappa shape index (κ1) is 43.5. The molecule has 2 saturated heterocycles. The summed E-state index contributed by atoms with van der Waals surface area (Å²) < 4.78 is 59.7. The van der Waals surface area contributed by atoms with Crippen molar-refractivity contribution in [3.05, 3.63) is 112 Å². The lowest BCUT2D eigenvalue weighted by Gasteiger charge is -2.48. The number of hydrogen-bond acceptors (Lipinski definition) is 15. The molecule has 18 heteroatoms. The summed E-state index contributed by atoms with van der Waals surface area (Å²) in [5.74, 6) is -2.69. The fourth-order valence-electron chi connectivity index (χ4n) is 6.47. The minimum absolute atomic E-state index is 0.0101. The van der Waals surface area contributed by atoms with E-state index in [-0.39, 0.29) is 26.4 Å². The maximum Gasteiger partial charge on any atom is 0.305 e. The van der Waals surface area contributed by atoms with Crippen molar-refractivity contribution in [3.8, 4) is 5.75 Å². The number of carbonyl (C=O) groups excluding carboxylic acids is 4. The number of carbonyl (C=O) groups is 4. The molecule has 2 aliphatic rings. The molecule has 2 fully saturated rings. The Hall–Kier alpha value is -5.59. The lowest BCUT2D eigenvalue weighted by Crippen LogP contribution is -2.67. The van der Waals surface area contributed by atoms with E-state index >= 15 is 0 Å². The fourth-order valence-corrected chi connectivity index (χ4v) is 6.47. The molecular formula is C40H46N4O14. The maximum absolute atomic E-state index is 13.2. The number of methoxy groups -OCH3 is 1. The summed E-state index contributed by atoms with van der Waals surface area (Å²) in [5, 5.41) is 4.04. The van der Waals surface area contributed by atoms with Gasteiger partial charge >= 0.3 is 17.9 Å². The molecule has 0 radical (unpaired) electrons. The third-order valence-corrected chi connectivity index (χ3v) is 9.07. The molecule has 3 aromatic carbocycles. The van der Waals surface area contributed by atoms with Gasteiger partial charge in [-0.15, -0.1) is 0 Å². The molecule has 18 nitrogen and oxygen atoms in total. The summed E-state index contributed by atoms with van der Waals surface area (Å²) in [7, 11) is 1.55. The SMILES string of the molecule is COc1ccc(CO[C@H]2[C@H](OCc3ccccc3)[C@@H](N=[N+]=[N-])[C@@H](O[C@H]3[C@H](OCc4ccccc4)[C@@H](OC(C)=O)[C@@H](OC(C)=O)O[C@H]3C(N)=O)O[C@@H]2COC(C)=O)cc1. The molecule has 0 aliphatic carbocycles. The molecule has 0 aromatic heterocycles. The van der Waals surface area contributed by atoms with Crippen molar-refractivity contribution in [1.82, 2.24) is 0 Å². The van der Waals surface area contributed by atoms with Gasteiger partial charge in [0.05, 0.1) is 26.9 Å². The van der Waals surface area contributed by atoms with Crippen LogP contribution in [0.2, 0.25) is 0 Å². The monoisotopic (exact) mass is 806 g/mol. The van der Waals surface area contributed by atoms with Gasteiger partial charge in [-0.05, 0) is 34.4 Å². The first-order valence-electron chi connectivity index (χ1n) is 18.3. The Balaban J connectivity index is 1.56. The second-order valence-corrected chi connectivity index (χ2v) is 13.3. The van der Waals surface area contributed by atoms with Crippen LogP contribution in [0.4, 0.5) is 0 Å². The number of amides is 1. The molecule has 58 heavy (non-hydrogen) atoms. The van der Waals surface area contributed by atoms with E-state index in [2.05, 4.69) is 10.0 Å². The van der Waals surface area contributed by atoms with Gasteiger partial charge in [-0.2, -0.15) is 0 Å². The van der Waals surface area contributed by atoms with Crippen molar-refractivity contribution in [2.24, 2.45) is 10.8 Å². The Kier molecular flexibility index (Phi) is 15.9. The predicted octanol–water partition coefficient (Wildman–Crippen LogP) is 3.81. The Morgan fingerprint density at radius 3 is 1.74 bits per heavy atom. The highest BCUT2D eigenvalue weighted by atomic mass is 16.8. The van der Waals surface area contributed by atoms with E-state index in [1.807, 2.05) is 30.3 Å². The van der Waals surface area contributed by atoms with Gasteiger partial charge in [0.25, 0.3) is 0 Å². The molecule has 0 spiro atoms. The van der Waals surface area contributed by atoms with Crippen LogP contribution in [0.1, 0.15) is 37.5 Å². The molecule has 0 unspecified atom stereocenters. The first-order valence-corrected chi connectivity index (χ1v) is 18.3. The number of nitrogens with zero attached hydrogens (tertiary/aromatic N) is 3. The van der Waals surface area contributed by atoms with Crippen molar-refractivity contribution >= 4 is 23.8 Å². The minimum Gasteiger partial charge on any atom is -0.497 e. The number of ether oxygens (including phenoxy) is 10. The van der Waals surface area contributed by atoms with Crippen LogP contribution < -0.4 is 10.5 Å². The lowest BCUT2D eigenvalue weighted by molar-refractivity contribution is -0.343. The smallest absolute Gasteiger partial charge is 0.305 e. The van der Waals surface area contributed by atoms with Gasteiger partial charge in [0.15, 0.2) is 18.5 Å². The Labute approximate surface area is 334 Å². The first-order chi connectivity index (χ1) is 28.0. The summed E-state index contributed by atoms with van der Waals surface area (Å²) in [5.41, 5.74) is 18.0. The van der Waals surface area contributed by atoms with Crippen LogP contribution in [-0.4, -0.2) is 98.9 Å². The van der Waals surface area contributed by atoms with Crippen LogP contribution in [0, 0.1) is 0 Å². The van der Waals surface area contributed by atoms with Crippen molar-refractivity contribution in [1.29, 1.82) is 0 Å². The lowest BCUT2D eigenvalue weighted by atomic mass is 9.94. The summed E-state index contributed by atoms with van der Waals surface area (Å²) in [6.07, 6.45) is -12.8. The highest BCUT2D eigenvalue weighted by Crippen LogP contribution is 2.36. The van der Waals surface area contributed by atoms with Crippen LogP contribution in [0.15, 0.2) is 90.0 Å². The summed E-state index contributed by atoms with van der Waals surface area (Å²) in [6.45, 7) is 3.00.